The van der Waals surface area contributed by atoms with Gasteiger partial charge in [0.05, 0.1) is 26.6 Å². The van der Waals surface area contributed by atoms with E-state index < -0.39 is 4.92 Å². The minimum Gasteiger partial charge on any atom is -0.457 e. The van der Waals surface area contributed by atoms with Crippen LogP contribution in [0, 0.1) is 21.4 Å². The number of nitriles is 1. The average molecular weight is 391 g/mol. The largest absolute Gasteiger partial charge is 0.457 e. The van der Waals surface area contributed by atoms with E-state index in [1.54, 1.807) is 18.2 Å². The fraction of sp³-hybridized carbons (Fsp3) is 0. The van der Waals surface area contributed by atoms with Crippen LogP contribution in [0.5, 0.6) is 0 Å². The van der Waals surface area contributed by atoms with E-state index in [0.717, 1.165) is 11.0 Å². The standard InChI is InChI=1S/C20H11ClN4O3/c21-16-7-5-13(25(26)27)10-15(16)19-8-6-14(28-19)9-12(11-22)20-23-17-3-1-2-4-18(17)24-20/h1-10H,(H,23,24)/b12-9+. The van der Waals surface area contributed by atoms with E-state index in [4.69, 9.17) is 16.0 Å². The lowest BCUT2D eigenvalue weighted by Gasteiger charge is -2.00. The number of benzene rings is 2. The van der Waals surface area contributed by atoms with Gasteiger partial charge in [-0.1, -0.05) is 23.7 Å². The number of nitrogens with one attached hydrogen (secondary N) is 1. The molecule has 0 fully saturated rings. The van der Waals surface area contributed by atoms with Gasteiger partial charge in [-0.2, -0.15) is 5.26 Å². The Kier molecular flexibility index (Phi) is 4.39. The number of fused-ring (bicyclic) bond motifs is 1. The summed E-state index contributed by atoms with van der Waals surface area (Å²) in [6.45, 7) is 0. The van der Waals surface area contributed by atoms with Crippen molar-refractivity contribution < 1.29 is 9.34 Å². The molecule has 0 bridgehead atoms. The smallest absolute Gasteiger partial charge is 0.270 e. The first kappa shape index (κ1) is 17.5. The van der Waals surface area contributed by atoms with Crippen LogP contribution in [-0.2, 0) is 0 Å². The number of non-ortho nitro benzene ring substituents is 1. The number of para-hydroxylation sites is 2. The Morgan fingerprint density at radius 2 is 2.07 bits per heavy atom. The van der Waals surface area contributed by atoms with Crippen LogP contribution in [0.15, 0.2) is 59.0 Å². The van der Waals surface area contributed by atoms with Gasteiger partial charge in [-0.05, 0) is 30.3 Å². The molecule has 0 spiro atoms. The third kappa shape index (κ3) is 3.24. The quantitative estimate of drug-likeness (QED) is 0.283. The monoisotopic (exact) mass is 390 g/mol. The average Bonchev–Trinajstić information content (AvgIpc) is 3.33. The molecule has 0 aliphatic heterocycles. The Hall–Kier alpha value is -3.89. The highest BCUT2D eigenvalue weighted by molar-refractivity contribution is 6.33. The van der Waals surface area contributed by atoms with Crippen molar-refractivity contribution in [1.82, 2.24) is 9.97 Å². The number of nitro benzene ring substituents is 1. The lowest BCUT2D eigenvalue weighted by Crippen LogP contribution is -1.88. The van der Waals surface area contributed by atoms with Crippen molar-refractivity contribution in [2.24, 2.45) is 0 Å². The molecular weight excluding hydrogens is 380 g/mol. The van der Waals surface area contributed by atoms with E-state index >= 15 is 0 Å². The number of nitrogens with zero attached hydrogens (tertiary/aromatic N) is 3. The summed E-state index contributed by atoms with van der Waals surface area (Å²) in [5.41, 5.74) is 2.18. The molecule has 0 saturated heterocycles. The Bertz CT molecular complexity index is 1250. The summed E-state index contributed by atoms with van der Waals surface area (Å²) in [5.74, 6) is 1.19. The SMILES string of the molecule is N#C/C(=C\c1ccc(-c2cc([N+](=O)[O-])ccc2Cl)o1)c1nc2ccccc2[nH]1. The molecule has 0 radical (unpaired) electrons. The number of allylic oxidation sites excluding steroid dienone is 1. The third-order valence-corrected chi connectivity index (χ3v) is 4.43. The first-order valence-electron chi connectivity index (χ1n) is 8.16. The van der Waals surface area contributed by atoms with Crippen LogP contribution in [-0.4, -0.2) is 14.9 Å². The molecule has 0 unspecified atom stereocenters. The molecule has 0 saturated carbocycles. The van der Waals surface area contributed by atoms with Crippen LogP contribution in [0.4, 0.5) is 5.69 Å². The summed E-state index contributed by atoms with van der Waals surface area (Å²) >= 11 is 6.15. The minimum absolute atomic E-state index is 0.0899. The van der Waals surface area contributed by atoms with E-state index in [1.165, 1.54) is 18.2 Å². The van der Waals surface area contributed by atoms with E-state index in [2.05, 4.69) is 16.0 Å². The second kappa shape index (κ2) is 7.02. The molecule has 0 aliphatic rings. The fourth-order valence-corrected chi connectivity index (χ4v) is 2.98. The van der Waals surface area contributed by atoms with Gasteiger partial charge in [0.1, 0.15) is 23.4 Å². The van der Waals surface area contributed by atoms with Crippen molar-refractivity contribution in [3.63, 3.8) is 0 Å². The van der Waals surface area contributed by atoms with Gasteiger partial charge in [-0.15, -0.1) is 0 Å². The minimum atomic E-state index is -0.501. The summed E-state index contributed by atoms with van der Waals surface area (Å²) in [4.78, 5) is 18.0. The van der Waals surface area contributed by atoms with Gasteiger partial charge in [-0.3, -0.25) is 10.1 Å². The van der Waals surface area contributed by atoms with E-state index in [9.17, 15) is 15.4 Å². The van der Waals surface area contributed by atoms with Crippen LogP contribution < -0.4 is 0 Å². The lowest BCUT2D eigenvalue weighted by atomic mass is 10.1. The van der Waals surface area contributed by atoms with Crippen LogP contribution in [0.2, 0.25) is 5.02 Å². The molecule has 2 heterocycles. The molecule has 0 atom stereocenters. The molecular formula is C20H11ClN4O3. The van der Waals surface area contributed by atoms with Crippen molar-refractivity contribution in [2.45, 2.75) is 0 Å². The zero-order valence-corrected chi connectivity index (χ0v) is 15.0. The van der Waals surface area contributed by atoms with Crippen molar-refractivity contribution in [3.05, 3.63) is 81.3 Å². The van der Waals surface area contributed by atoms with E-state index in [1.807, 2.05) is 24.3 Å². The number of rotatable bonds is 4. The number of hydrogen-bond acceptors (Lipinski definition) is 5. The Morgan fingerprint density at radius 3 is 2.82 bits per heavy atom. The fourth-order valence-electron chi connectivity index (χ4n) is 2.77. The van der Waals surface area contributed by atoms with Crippen molar-refractivity contribution in [3.8, 4) is 17.4 Å². The number of H-pyrrole nitrogens is 1. The number of halogens is 1. The highest BCUT2D eigenvalue weighted by Gasteiger charge is 2.15. The molecule has 0 aliphatic carbocycles. The zero-order chi connectivity index (χ0) is 19.7. The molecule has 7 nitrogen and oxygen atoms in total. The molecule has 2 aromatic carbocycles. The van der Waals surface area contributed by atoms with Crippen LogP contribution in [0.1, 0.15) is 11.6 Å². The summed E-state index contributed by atoms with van der Waals surface area (Å²) in [5, 5.41) is 20.8. The predicted molar refractivity (Wildman–Crippen MR) is 105 cm³/mol. The second-order valence-corrected chi connectivity index (χ2v) is 6.30. The molecule has 8 heteroatoms. The zero-order valence-electron chi connectivity index (χ0n) is 14.2. The molecule has 4 aromatic rings. The van der Waals surface area contributed by atoms with Gasteiger partial charge in [0.2, 0.25) is 0 Å². The van der Waals surface area contributed by atoms with Gasteiger partial charge < -0.3 is 9.40 Å². The molecule has 136 valence electrons. The summed E-state index contributed by atoms with van der Waals surface area (Å²) in [6.07, 6.45) is 1.55. The normalized spacial score (nSPS) is 11.5. The topological polar surface area (TPSA) is 109 Å². The summed E-state index contributed by atoms with van der Waals surface area (Å²) < 4.78 is 5.74. The van der Waals surface area contributed by atoms with Crippen LogP contribution in [0.25, 0.3) is 34.0 Å². The van der Waals surface area contributed by atoms with Crippen LogP contribution >= 0.6 is 11.6 Å². The highest BCUT2D eigenvalue weighted by Crippen LogP contribution is 2.33. The maximum atomic E-state index is 11.0. The second-order valence-electron chi connectivity index (χ2n) is 5.90. The Balaban J connectivity index is 1.71. The van der Waals surface area contributed by atoms with Gasteiger partial charge in [-0.25, -0.2) is 4.98 Å². The highest BCUT2D eigenvalue weighted by atomic mass is 35.5. The number of nitro groups is 1. The number of hydrogen-bond donors (Lipinski definition) is 1. The molecule has 1 N–H and O–H groups in total. The lowest BCUT2D eigenvalue weighted by molar-refractivity contribution is -0.384. The maximum Gasteiger partial charge on any atom is 0.270 e. The van der Waals surface area contributed by atoms with Crippen molar-refractivity contribution in [1.29, 1.82) is 5.26 Å². The van der Waals surface area contributed by atoms with Gasteiger partial charge in [0, 0.05) is 23.8 Å². The molecule has 28 heavy (non-hydrogen) atoms. The molecule has 0 amide bonds. The first-order valence-corrected chi connectivity index (χ1v) is 8.54. The third-order valence-electron chi connectivity index (χ3n) is 4.10. The maximum absolute atomic E-state index is 11.0. The number of imidazole rings is 1. The van der Waals surface area contributed by atoms with E-state index in [-0.39, 0.29) is 5.69 Å². The first-order chi connectivity index (χ1) is 13.5. The number of aromatic nitrogens is 2. The predicted octanol–water partition coefficient (Wildman–Crippen LogP) is 5.45. The number of aromatic amines is 1. The Labute approximate surface area is 163 Å². The number of furan rings is 1. The van der Waals surface area contributed by atoms with Crippen molar-refractivity contribution in [2.75, 3.05) is 0 Å². The van der Waals surface area contributed by atoms with E-state index in [0.29, 0.717) is 33.5 Å². The molecule has 2 aromatic heterocycles. The van der Waals surface area contributed by atoms with Gasteiger partial charge >= 0.3 is 0 Å². The van der Waals surface area contributed by atoms with Gasteiger partial charge in [0.15, 0.2) is 0 Å². The van der Waals surface area contributed by atoms with Gasteiger partial charge in [0.25, 0.3) is 5.69 Å². The Morgan fingerprint density at radius 1 is 1.25 bits per heavy atom. The van der Waals surface area contributed by atoms with Crippen LogP contribution in [0.3, 0.4) is 0 Å². The van der Waals surface area contributed by atoms with Crippen molar-refractivity contribution >= 4 is 40.0 Å². The summed E-state index contributed by atoms with van der Waals surface area (Å²) in [6, 6.07) is 17.0. The summed E-state index contributed by atoms with van der Waals surface area (Å²) in [7, 11) is 0. The molecule has 4 rings (SSSR count).